The van der Waals surface area contributed by atoms with E-state index in [4.69, 9.17) is 27.9 Å². The molecule has 1 aromatic heterocycles. The highest BCUT2D eigenvalue weighted by molar-refractivity contribution is 7.87. The van der Waals surface area contributed by atoms with Crippen LogP contribution in [0, 0.1) is 11.7 Å². The molecule has 228 valence electrons. The summed E-state index contributed by atoms with van der Waals surface area (Å²) >= 11 is 11.6. The monoisotopic (exact) mass is 647 g/mol. The summed E-state index contributed by atoms with van der Waals surface area (Å²) in [6, 6.07) is 18.4. The predicted molar refractivity (Wildman–Crippen MR) is 164 cm³/mol. The van der Waals surface area contributed by atoms with Crippen molar-refractivity contribution in [3.05, 3.63) is 94.4 Å². The van der Waals surface area contributed by atoms with E-state index in [9.17, 15) is 23.3 Å². The van der Waals surface area contributed by atoms with E-state index in [-0.39, 0.29) is 30.1 Å². The molecule has 43 heavy (non-hydrogen) atoms. The molecule has 2 unspecified atom stereocenters. The summed E-state index contributed by atoms with van der Waals surface area (Å²) in [6.07, 6.45) is 3.18. The average molecular weight is 649 g/mol. The van der Waals surface area contributed by atoms with Gasteiger partial charge in [-0.3, -0.25) is 13.9 Å². The zero-order chi connectivity index (χ0) is 30.5. The lowest BCUT2D eigenvalue weighted by Crippen LogP contribution is -2.58. The quantitative estimate of drug-likeness (QED) is 0.287. The third-order valence-electron chi connectivity index (χ3n) is 7.55. The van der Waals surface area contributed by atoms with E-state index < -0.39 is 53.3 Å². The van der Waals surface area contributed by atoms with Crippen molar-refractivity contribution in [3.8, 4) is 0 Å². The fraction of sp³-hybridized carbons (Fsp3) is 0.387. The number of hydrogen-bond donors (Lipinski definition) is 1. The molecule has 3 fully saturated rings. The number of halogens is 3. The molecule has 1 amide bonds. The number of rotatable bonds is 10. The summed E-state index contributed by atoms with van der Waals surface area (Å²) in [4.78, 5) is 31.0. The Hall–Kier alpha value is -3.05. The summed E-state index contributed by atoms with van der Waals surface area (Å²) < 4.78 is 35.5. The minimum Gasteiger partial charge on any atom is -0.481 e. The number of amides is 1. The number of anilines is 1. The molecule has 0 radical (unpaired) electrons. The van der Waals surface area contributed by atoms with Crippen molar-refractivity contribution in [3.63, 3.8) is 0 Å². The van der Waals surface area contributed by atoms with Crippen LogP contribution in [0.15, 0.2) is 72.9 Å². The SMILES string of the molecule is Clc1ccccc1.O=C(O)C[C@H]1OC[C@@H](c2ccc(Cl)cc2)N(C(CN(c2ncccc2F)S(=O)C2CC2)C2CC2)C1=O. The molecule has 4 atom stereocenters. The first-order valence-electron chi connectivity index (χ1n) is 14.1. The second-order valence-corrected chi connectivity index (χ2v) is 13.3. The van der Waals surface area contributed by atoms with Gasteiger partial charge in [-0.25, -0.2) is 13.6 Å². The van der Waals surface area contributed by atoms with Crippen LogP contribution in [-0.4, -0.2) is 61.6 Å². The Kier molecular flexibility index (Phi) is 10.3. The minimum absolute atomic E-state index is 0.000722. The third kappa shape index (κ3) is 8.12. The van der Waals surface area contributed by atoms with Crippen LogP contribution in [0.4, 0.5) is 10.2 Å². The number of morpholine rings is 1. The number of carbonyl (C=O) groups is 2. The molecule has 6 rings (SSSR count). The topological polar surface area (TPSA) is 100 Å². The highest BCUT2D eigenvalue weighted by Crippen LogP contribution is 2.42. The molecular weight excluding hydrogens is 616 g/mol. The van der Waals surface area contributed by atoms with Crippen LogP contribution in [0.3, 0.4) is 0 Å². The van der Waals surface area contributed by atoms with Crippen LogP contribution in [0.1, 0.15) is 43.7 Å². The Morgan fingerprint density at radius 3 is 2.28 bits per heavy atom. The summed E-state index contributed by atoms with van der Waals surface area (Å²) in [5.74, 6) is -2.03. The van der Waals surface area contributed by atoms with Crippen molar-refractivity contribution >= 4 is 51.9 Å². The Morgan fingerprint density at radius 2 is 1.72 bits per heavy atom. The van der Waals surface area contributed by atoms with E-state index in [1.54, 1.807) is 17.0 Å². The molecule has 3 aliphatic rings. The van der Waals surface area contributed by atoms with E-state index in [1.807, 2.05) is 42.5 Å². The lowest BCUT2D eigenvalue weighted by Gasteiger charge is -2.45. The number of pyridine rings is 1. The van der Waals surface area contributed by atoms with E-state index >= 15 is 0 Å². The van der Waals surface area contributed by atoms with Gasteiger partial charge >= 0.3 is 5.97 Å². The van der Waals surface area contributed by atoms with Crippen molar-refractivity contribution in [2.45, 2.75) is 55.5 Å². The first-order valence-corrected chi connectivity index (χ1v) is 16.1. The number of nitrogens with zero attached hydrogens (tertiary/aromatic N) is 3. The zero-order valence-corrected chi connectivity index (χ0v) is 25.6. The summed E-state index contributed by atoms with van der Waals surface area (Å²) in [5.41, 5.74) is 0.797. The van der Waals surface area contributed by atoms with Crippen LogP contribution in [-0.2, 0) is 25.3 Å². The van der Waals surface area contributed by atoms with Gasteiger partial charge in [-0.15, -0.1) is 0 Å². The molecule has 2 saturated carbocycles. The molecule has 8 nitrogen and oxygen atoms in total. The van der Waals surface area contributed by atoms with E-state index in [2.05, 4.69) is 4.98 Å². The van der Waals surface area contributed by atoms with E-state index in [0.29, 0.717) is 5.02 Å². The van der Waals surface area contributed by atoms with Crippen LogP contribution >= 0.6 is 23.2 Å². The molecule has 0 spiro atoms. The average Bonchev–Trinajstić information content (AvgIpc) is 3.91. The standard InChI is InChI=1S/C25H27ClFN3O5S.C6H5Cl/c26-17-7-5-16(6-8-17)21-14-35-22(12-23(31)32)25(33)30(21)20(15-3-4-15)13-29(36(34)18-9-10-18)24-19(27)2-1-11-28-24;7-6-4-2-1-3-5-6/h1-2,5-8,11,15,18,20-22H,3-4,9-10,12-14H2,(H,31,32);1-5H/t20?,21-,22+,36?;/m0./s1. The van der Waals surface area contributed by atoms with Gasteiger partial charge in [0.25, 0.3) is 5.91 Å². The number of aromatic nitrogens is 1. The van der Waals surface area contributed by atoms with Gasteiger partial charge in [-0.1, -0.05) is 53.5 Å². The molecule has 3 aromatic rings. The lowest BCUT2D eigenvalue weighted by atomic mass is 9.97. The number of benzene rings is 2. The summed E-state index contributed by atoms with van der Waals surface area (Å²) in [6.45, 7) is 0.232. The fourth-order valence-electron chi connectivity index (χ4n) is 5.11. The Bertz CT molecular complexity index is 1440. The minimum atomic E-state index is -1.51. The largest absolute Gasteiger partial charge is 0.481 e. The molecule has 2 aliphatic carbocycles. The number of carbonyl (C=O) groups excluding carboxylic acids is 1. The van der Waals surface area contributed by atoms with Gasteiger partial charge in [-0.2, -0.15) is 0 Å². The Morgan fingerprint density at radius 1 is 1.05 bits per heavy atom. The molecular formula is C31H32Cl2FN3O5S. The van der Waals surface area contributed by atoms with Gasteiger partial charge in [0.15, 0.2) is 11.6 Å². The summed E-state index contributed by atoms with van der Waals surface area (Å²) in [7, 11) is -1.51. The molecule has 12 heteroatoms. The van der Waals surface area contributed by atoms with Gasteiger partial charge in [0.1, 0.15) is 17.1 Å². The molecule has 1 aliphatic heterocycles. The van der Waals surface area contributed by atoms with Gasteiger partial charge in [0.2, 0.25) is 0 Å². The number of hydrogen-bond acceptors (Lipinski definition) is 5. The van der Waals surface area contributed by atoms with Crippen LogP contribution in [0.2, 0.25) is 10.0 Å². The van der Waals surface area contributed by atoms with Crippen LogP contribution in [0.5, 0.6) is 0 Å². The van der Waals surface area contributed by atoms with E-state index in [1.165, 1.54) is 22.6 Å². The predicted octanol–water partition coefficient (Wildman–Crippen LogP) is 6.07. The van der Waals surface area contributed by atoms with Crippen molar-refractivity contribution in [2.24, 2.45) is 5.92 Å². The maximum Gasteiger partial charge on any atom is 0.306 e. The van der Waals surface area contributed by atoms with Crippen molar-refractivity contribution in [2.75, 3.05) is 17.5 Å². The van der Waals surface area contributed by atoms with Crippen molar-refractivity contribution < 1.29 is 28.0 Å². The lowest BCUT2D eigenvalue weighted by molar-refractivity contribution is -0.169. The smallest absolute Gasteiger partial charge is 0.306 e. The second kappa shape index (κ2) is 14.2. The summed E-state index contributed by atoms with van der Waals surface area (Å²) in [5, 5.41) is 10.6. The van der Waals surface area contributed by atoms with Crippen molar-refractivity contribution in [1.29, 1.82) is 0 Å². The number of aliphatic carboxylic acids is 1. The van der Waals surface area contributed by atoms with Crippen molar-refractivity contribution in [1.82, 2.24) is 9.88 Å². The van der Waals surface area contributed by atoms with Gasteiger partial charge in [0, 0.05) is 16.2 Å². The Labute approximate surface area is 262 Å². The highest BCUT2D eigenvalue weighted by atomic mass is 35.5. The molecule has 1 saturated heterocycles. The maximum absolute atomic E-state index is 14.8. The van der Waals surface area contributed by atoms with Gasteiger partial charge in [-0.05, 0) is 73.6 Å². The zero-order valence-electron chi connectivity index (χ0n) is 23.2. The maximum atomic E-state index is 14.8. The number of ether oxygens (including phenoxy) is 1. The highest BCUT2D eigenvalue weighted by Gasteiger charge is 2.48. The van der Waals surface area contributed by atoms with Crippen LogP contribution < -0.4 is 4.31 Å². The molecule has 1 N–H and O–H groups in total. The van der Waals surface area contributed by atoms with Crippen LogP contribution in [0.25, 0.3) is 0 Å². The number of carboxylic acids is 1. The molecule has 2 heterocycles. The second-order valence-electron chi connectivity index (χ2n) is 10.8. The first kappa shape index (κ1) is 31.4. The van der Waals surface area contributed by atoms with Gasteiger partial charge in [0.05, 0.1) is 36.9 Å². The molecule has 2 aromatic carbocycles. The molecule has 0 bridgehead atoms. The normalized spacial score (nSPS) is 21.4. The number of carboxylic acid groups (broad SMARTS) is 1. The first-order chi connectivity index (χ1) is 20.7. The fourth-order valence-corrected chi connectivity index (χ4v) is 6.88. The van der Waals surface area contributed by atoms with Gasteiger partial charge < -0.3 is 14.7 Å². The Balaban J connectivity index is 0.000000463. The third-order valence-corrected chi connectivity index (χ3v) is 9.85. The van der Waals surface area contributed by atoms with E-state index in [0.717, 1.165) is 36.3 Å².